The number of hydrogen-bond acceptors (Lipinski definition) is 5. The van der Waals surface area contributed by atoms with E-state index in [0.29, 0.717) is 13.2 Å². The van der Waals surface area contributed by atoms with E-state index in [-0.39, 0.29) is 12.7 Å². The zero-order chi connectivity index (χ0) is 27.0. The first kappa shape index (κ1) is 34.3. The Hall–Kier alpha value is -0.750. The van der Waals surface area contributed by atoms with Crippen molar-refractivity contribution in [1.29, 1.82) is 0 Å². The molecular formula is C30H57NO5P+. The molecule has 0 heterocycles. The van der Waals surface area contributed by atoms with Crippen molar-refractivity contribution in [3.8, 4) is 5.75 Å². The number of methoxy groups -OCH3 is 1. The molecule has 0 spiro atoms. The normalized spacial score (nSPS) is 13.2. The Morgan fingerprint density at radius 2 is 1.30 bits per heavy atom. The van der Waals surface area contributed by atoms with Crippen molar-refractivity contribution in [3.63, 3.8) is 0 Å². The van der Waals surface area contributed by atoms with Crippen LogP contribution in [0.3, 0.4) is 0 Å². The Morgan fingerprint density at radius 1 is 0.757 bits per heavy atom. The summed E-state index contributed by atoms with van der Waals surface area (Å²) in [6.45, 7) is 4.15. The van der Waals surface area contributed by atoms with Crippen LogP contribution in [0.1, 0.15) is 102 Å². The molecule has 6 nitrogen and oxygen atoms in total. The third kappa shape index (κ3) is 20.8. The van der Waals surface area contributed by atoms with Crippen LogP contribution in [0.4, 0.5) is 0 Å². The molecule has 0 saturated heterocycles. The van der Waals surface area contributed by atoms with Gasteiger partial charge in [0.2, 0.25) is 0 Å². The summed E-state index contributed by atoms with van der Waals surface area (Å²) in [5.74, 6) is 0.822. The average molecular weight is 543 g/mol. The third-order valence-corrected chi connectivity index (χ3v) is 7.46. The lowest BCUT2D eigenvalue weighted by atomic mass is 10.0. The summed E-state index contributed by atoms with van der Waals surface area (Å²) in [5, 5.41) is 0. The van der Waals surface area contributed by atoms with Crippen LogP contribution in [-0.2, 0) is 20.2 Å². The number of benzene rings is 1. The van der Waals surface area contributed by atoms with E-state index < -0.39 is 8.60 Å². The topological polar surface area (TPSA) is 61.6 Å². The predicted molar refractivity (Wildman–Crippen MR) is 155 cm³/mol. The van der Waals surface area contributed by atoms with Gasteiger partial charge in [-0.2, -0.15) is 0 Å². The quantitative estimate of drug-likeness (QED) is 0.103. The minimum absolute atomic E-state index is 0.227. The Balaban J connectivity index is 2.03. The highest BCUT2D eigenvalue weighted by Crippen LogP contribution is 2.32. The van der Waals surface area contributed by atoms with E-state index in [0.717, 1.165) is 18.7 Å². The van der Waals surface area contributed by atoms with Crippen LogP contribution < -0.4 is 9.64 Å². The predicted octanol–water partition coefficient (Wildman–Crippen LogP) is 6.50. The number of rotatable bonds is 26. The fourth-order valence-corrected chi connectivity index (χ4v) is 4.78. The Morgan fingerprint density at radius 3 is 1.81 bits per heavy atom. The summed E-state index contributed by atoms with van der Waals surface area (Å²) < 4.78 is 22.0. The smallest absolute Gasteiger partial charge is 0.330 e. The van der Waals surface area contributed by atoms with E-state index in [4.69, 9.17) is 18.5 Å². The second kappa shape index (κ2) is 24.3. The fourth-order valence-electron chi connectivity index (χ4n) is 4.16. The molecule has 2 unspecified atom stereocenters. The molecule has 0 radical (unpaired) electrons. The zero-order valence-electron chi connectivity index (χ0n) is 24.3. The van der Waals surface area contributed by atoms with Crippen LogP contribution in [0, 0.1) is 0 Å². The molecule has 1 aromatic carbocycles. The van der Waals surface area contributed by atoms with Gasteiger partial charge in [-0.25, -0.2) is 0 Å². The molecule has 1 aromatic rings. The zero-order valence-corrected chi connectivity index (χ0v) is 25.2. The van der Waals surface area contributed by atoms with E-state index in [1.807, 2.05) is 26.2 Å². The van der Waals surface area contributed by atoms with E-state index in [9.17, 15) is 4.89 Å². The maximum Gasteiger partial charge on any atom is 0.330 e. The lowest BCUT2D eigenvalue weighted by Gasteiger charge is -2.18. The van der Waals surface area contributed by atoms with Crippen molar-refractivity contribution in [2.75, 3.05) is 47.6 Å². The highest BCUT2D eigenvalue weighted by atomic mass is 31.2. The first-order valence-electron chi connectivity index (χ1n) is 14.8. The van der Waals surface area contributed by atoms with E-state index in [1.54, 1.807) is 7.11 Å². The molecule has 0 aliphatic carbocycles. The van der Waals surface area contributed by atoms with Gasteiger partial charge in [0.05, 0.1) is 20.7 Å². The Labute approximate surface area is 229 Å². The summed E-state index contributed by atoms with van der Waals surface area (Å²) in [6.07, 6.45) is 20.4. The molecule has 0 fully saturated rings. The summed E-state index contributed by atoms with van der Waals surface area (Å²) in [5.41, 5.74) is 1.36. The second-order valence-electron chi connectivity index (χ2n) is 10.5. The van der Waals surface area contributed by atoms with Gasteiger partial charge >= 0.3 is 8.60 Å². The minimum atomic E-state index is -1.89. The highest BCUT2D eigenvalue weighted by Gasteiger charge is 2.14. The van der Waals surface area contributed by atoms with Crippen molar-refractivity contribution < 1.29 is 28.3 Å². The SMILES string of the molecule is CCCCCCCCCCCCCCCCc1ccc(OCC(COP(O)OCC[NH+](C)C)OC)cc1. The first-order valence-corrected chi connectivity index (χ1v) is 16.0. The van der Waals surface area contributed by atoms with Gasteiger partial charge in [-0.15, -0.1) is 0 Å². The van der Waals surface area contributed by atoms with E-state index in [2.05, 4.69) is 19.1 Å². The number of unbranched alkanes of at least 4 members (excludes halogenated alkanes) is 13. The van der Waals surface area contributed by atoms with Crippen LogP contribution in [0.2, 0.25) is 0 Å². The molecule has 2 atom stereocenters. The molecule has 2 N–H and O–H groups in total. The van der Waals surface area contributed by atoms with Crippen molar-refractivity contribution in [3.05, 3.63) is 29.8 Å². The summed E-state index contributed by atoms with van der Waals surface area (Å²) in [4.78, 5) is 11.1. The lowest BCUT2D eigenvalue weighted by molar-refractivity contribution is -0.858. The average Bonchev–Trinajstić information content (AvgIpc) is 2.89. The highest BCUT2D eigenvalue weighted by molar-refractivity contribution is 7.40. The van der Waals surface area contributed by atoms with Crippen molar-refractivity contribution in [2.24, 2.45) is 0 Å². The number of nitrogens with one attached hydrogen (secondary N) is 1. The van der Waals surface area contributed by atoms with E-state index >= 15 is 0 Å². The molecule has 7 heteroatoms. The maximum absolute atomic E-state index is 9.84. The number of ether oxygens (including phenoxy) is 2. The monoisotopic (exact) mass is 542 g/mol. The molecular weight excluding hydrogens is 485 g/mol. The number of aryl methyl sites for hydroxylation is 1. The van der Waals surface area contributed by atoms with Crippen LogP contribution in [0.15, 0.2) is 24.3 Å². The molecule has 0 amide bonds. The summed E-state index contributed by atoms with van der Waals surface area (Å²) >= 11 is 0. The molecule has 0 aliphatic heterocycles. The van der Waals surface area contributed by atoms with Crippen molar-refractivity contribution >= 4 is 8.60 Å². The Bertz CT molecular complexity index is 616. The number of quaternary nitrogens is 1. The van der Waals surface area contributed by atoms with Gasteiger partial charge in [-0.05, 0) is 30.5 Å². The molecule has 1 rings (SSSR count). The molecule has 0 saturated carbocycles. The van der Waals surface area contributed by atoms with Gasteiger partial charge in [-0.1, -0.05) is 103 Å². The third-order valence-electron chi connectivity index (χ3n) is 6.69. The number of hydrogen-bond donors (Lipinski definition) is 2. The summed E-state index contributed by atoms with van der Waals surface area (Å²) in [6, 6.07) is 8.36. The van der Waals surface area contributed by atoms with Gasteiger partial charge in [0, 0.05) is 7.11 Å². The molecule has 0 aromatic heterocycles. The molecule has 0 aliphatic rings. The van der Waals surface area contributed by atoms with Crippen molar-refractivity contribution in [2.45, 2.75) is 109 Å². The van der Waals surface area contributed by atoms with E-state index in [1.165, 1.54) is 100 Å². The molecule has 216 valence electrons. The first-order chi connectivity index (χ1) is 18.0. The van der Waals surface area contributed by atoms with Gasteiger partial charge in [-0.3, -0.25) is 0 Å². The van der Waals surface area contributed by atoms with Crippen LogP contribution in [-0.4, -0.2) is 58.6 Å². The largest absolute Gasteiger partial charge is 0.491 e. The minimum Gasteiger partial charge on any atom is -0.491 e. The number of likely N-dealkylation sites (N-methyl/N-ethyl adjacent to an activating group) is 1. The Kier molecular flexibility index (Phi) is 22.5. The standard InChI is InChI=1S/C30H56NO5P/c1-5-6-7-8-9-10-11-12-13-14-15-16-17-18-19-28-20-22-29(23-21-28)34-26-30(33-4)27-36-37(32)35-25-24-31(2)3/h20-23,30,32H,5-19,24-27H2,1-4H3/p+1. The van der Waals surface area contributed by atoms with Crippen LogP contribution >= 0.6 is 8.60 Å². The maximum atomic E-state index is 9.84. The molecule has 37 heavy (non-hydrogen) atoms. The summed E-state index contributed by atoms with van der Waals surface area (Å²) in [7, 11) is 3.81. The lowest BCUT2D eigenvalue weighted by Crippen LogP contribution is -3.06. The van der Waals surface area contributed by atoms with Gasteiger partial charge < -0.3 is 28.3 Å². The van der Waals surface area contributed by atoms with Crippen molar-refractivity contribution in [1.82, 2.24) is 0 Å². The van der Waals surface area contributed by atoms with Gasteiger partial charge in [0.25, 0.3) is 0 Å². The van der Waals surface area contributed by atoms with Gasteiger partial charge in [0.1, 0.15) is 31.6 Å². The molecule has 0 bridgehead atoms. The van der Waals surface area contributed by atoms with Gasteiger partial charge in [0.15, 0.2) is 0 Å². The fraction of sp³-hybridized carbons (Fsp3) is 0.800. The van der Waals surface area contributed by atoms with Crippen LogP contribution in [0.25, 0.3) is 0 Å². The van der Waals surface area contributed by atoms with Crippen LogP contribution in [0.5, 0.6) is 5.75 Å². The second-order valence-corrected chi connectivity index (χ2v) is 11.5.